The van der Waals surface area contributed by atoms with Gasteiger partial charge in [-0.25, -0.2) is 4.98 Å². The Bertz CT molecular complexity index is 1270. The van der Waals surface area contributed by atoms with Crippen LogP contribution in [0.15, 0.2) is 78.9 Å². The van der Waals surface area contributed by atoms with Crippen molar-refractivity contribution in [3.63, 3.8) is 0 Å². The molecule has 1 amide bonds. The van der Waals surface area contributed by atoms with Gasteiger partial charge < -0.3 is 5.32 Å². The van der Waals surface area contributed by atoms with Crippen molar-refractivity contribution in [2.24, 2.45) is 0 Å². The molecule has 0 aliphatic carbocycles. The number of ketones is 1. The SMILES string of the molecule is Cc1ccc(-c2sc(NC(=O)CCC(=O)c3ccc(C(C)C)cc3)nc2-c2ccccc2)cc1. The summed E-state index contributed by atoms with van der Waals surface area (Å²) in [4.78, 5) is 30.9. The first kappa shape index (κ1) is 23.6. The van der Waals surface area contributed by atoms with Gasteiger partial charge in [0.25, 0.3) is 0 Å². The quantitative estimate of drug-likeness (QED) is 0.272. The van der Waals surface area contributed by atoms with E-state index < -0.39 is 0 Å². The van der Waals surface area contributed by atoms with Crippen molar-refractivity contribution >= 4 is 28.2 Å². The van der Waals surface area contributed by atoms with Crippen LogP contribution in [0.25, 0.3) is 21.7 Å². The molecule has 34 heavy (non-hydrogen) atoms. The zero-order valence-electron chi connectivity index (χ0n) is 19.7. The predicted octanol–water partition coefficient (Wildman–Crippen LogP) is 7.51. The van der Waals surface area contributed by atoms with E-state index in [4.69, 9.17) is 4.98 Å². The topological polar surface area (TPSA) is 59.1 Å². The van der Waals surface area contributed by atoms with Crippen molar-refractivity contribution in [3.05, 3.63) is 95.6 Å². The molecule has 1 N–H and O–H groups in total. The number of nitrogens with one attached hydrogen (secondary N) is 1. The number of anilines is 1. The molecule has 1 aromatic heterocycles. The lowest BCUT2D eigenvalue weighted by Gasteiger charge is -2.06. The third kappa shape index (κ3) is 5.67. The minimum atomic E-state index is -0.212. The molecule has 0 radical (unpaired) electrons. The highest BCUT2D eigenvalue weighted by Crippen LogP contribution is 2.39. The molecule has 0 unspecified atom stereocenters. The standard InChI is InChI=1S/C29H28N2O2S/c1-19(2)21-13-15-22(16-14-21)25(32)17-18-26(33)30-29-31-27(23-7-5-4-6-8-23)28(34-29)24-11-9-20(3)10-12-24/h4-16,19H,17-18H2,1-3H3,(H,30,31,33). The van der Waals surface area contributed by atoms with E-state index >= 15 is 0 Å². The number of rotatable bonds is 8. The van der Waals surface area contributed by atoms with Crippen molar-refractivity contribution in [3.8, 4) is 21.7 Å². The minimum Gasteiger partial charge on any atom is -0.302 e. The summed E-state index contributed by atoms with van der Waals surface area (Å²) in [6.45, 7) is 6.29. The lowest BCUT2D eigenvalue weighted by Crippen LogP contribution is -2.13. The number of amides is 1. The van der Waals surface area contributed by atoms with Gasteiger partial charge in [-0.1, -0.05) is 110 Å². The summed E-state index contributed by atoms with van der Waals surface area (Å²) < 4.78 is 0. The Morgan fingerprint density at radius 1 is 0.853 bits per heavy atom. The Balaban J connectivity index is 1.47. The Morgan fingerprint density at radius 2 is 1.53 bits per heavy atom. The zero-order chi connectivity index (χ0) is 24.1. The van der Waals surface area contributed by atoms with Crippen LogP contribution < -0.4 is 5.32 Å². The monoisotopic (exact) mass is 468 g/mol. The van der Waals surface area contributed by atoms with Gasteiger partial charge in [-0.3, -0.25) is 9.59 Å². The van der Waals surface area contributed by atoms with Gasteiger partial charge in [-0.05, 0) is 24.0 Å². The minimum absolute atomic E-state index is 0.0325. The van der Waals surface area contributed by atoms with Crippen LogP contribution in [0.4, 0.5) is 5.13 Å². The second-order valence-electron chi connectivity index (χ2n) is 8.68. The number of carbonyl (C=O) groups is 2. The smallest absolute Gasteiger partial charge is 0.226 e. The van der Waals surface area contributed by atoms with E-state index in [2.05, 4.69) is 50.4 Å². The zero-order valence-corrected chi connectivity index (χ0v) is 20.5. The summed E-state index contributed by atoms with van der Waals surface area (Å²) in [5.74, 6) is 0.171. The summed E-state index contributed by atoms with van der Waals surface area (Å²) >= 11 is 1.45. The Labute approximate surface area is 204 Å². The maximum atomic E-state index is 12.6. The van der Waals surface area contributed by atoms with Crippen molar-refractivity contribution < 1.29 is 9.59 Å². The first-order chi connectivity index (χ1) is 16.4. The molecule has 0 saturated heterocycles. The van der Waals surface area contributed by atoms with Crippen LogP contribution in [0.2, 0.25) is 0 Å². The summed E-state index contributed by atoms with van der Waals surface area (Å²) in [7, 11) is 0. The van der Waals surface area contributed by atoms with Crippen LogP contribution in [-0.2, 0) is 4.79 Å². The third-order valence-corrected chi connectivity index (χ3v) is 6.73. The van der Waals surface area contributed by atoms with E-state index in [1.54, 1.807) is 0 Å². The second-order valence-corrected chi connectivity index (χ2v) is 9.68. The van der Waals surface area contributed by atoms with E-state index in [0.29, 0.717) is 16.6 Å². The maximum Gasteiger partial charge on any atom is 0.226 e. The lowest BCUT2D eigenvalue weighted by atomic mass is 9.99. The second kappa shape index (κ2) is 10.6. The molecule has 4 aromatic rings. The molecule has 0 bridgehead atoms. The molecule has 3 aromatic carbocycles. The van der Waals surface area contributed by atoms with Crippen LogP contribution >= 0.6 is 11.3 Å². The summed E-state index contributed by atoms with van der Waals surface area (Å²) in [5, 5.41) is 3.44. The molecule has 4 rings (SSSR count). The number of aromatic nitrogens is 1. The number of hydrogen-bond donors (Lipinski definition) is 1. The fraction of sp³-hybridized carbons (Fsp3) is 0.207. The first-order valence-electron chi connectivity index (χ1n) is 11.5. The number of aryl methyl sites for hydroxylation is 1. The molecule has 0 aliphatic heterocycles. The van der Waals surface area contributed by atoms with Gasteiger partial charge in [-0.15, -0.1) is 0 Å². The third-order valence-electron chi connectivity index (χ3n) is 5.71. The van der Waals surface area contributed by atoms with Crippen LogP contribution in [0, 0.1) is 6.92 Å². The molecular weight excluding hydrogens is 440 g/mol. The predicted molar refractivity (Wildman–Crippen MR) is 140 cm³/mol. The number of benzene rings is 3. The highest BCUT2D eigenvalue weighted by atomic mass is 32.1. The number of hydrogen-bond acceptors (Lipinski definition) is 4. The Morgan fingerprint density at radius 3 is 2.18 bits per heavy atom. The van der Waals surface area contributed by atoms with Gasteiger partial charge in [0.05, 0.1) is 10.6 Å². The lowest BCUT2D eigenvalue weighted by molar-refractivity contribution is -0.116. The normalized spacial score (nSPS) is 10.9. The Kier molecular flexibility index (Phi) is 7.33. The molecule has 0 spiro atoms. The number of Topliss-reactive ketones (excluding diaryl/α,β-unsaturated/α-hetero) is 1. The average molecular weight is 469 g/mol. The molecule has 4 nitrogen and oxygen atoms in total. The average Bonchev–Trinajstić information content (AvgIpc) is 3.27. The van der Waals surface area contributed by atoms with E-state index in [1.807, 2.05) is 54.6 Å². The van der Waals surface area contributed by atoms with Crippen LogP contribution in [0.5, 0.6) is 0 Å². The summed E-state index contributed by atoms with van der Waals surface area (Å²) in [5.41, 5.74) is 5.91. The summed E-state index contributed by atoms with van der Waals surface area (Å²) in [6.07, 6.45) is 0.277. The number of carbonyl (C=O) groups excluding carboxylic acids is 2. The highest BCUT2D eigenvalue weighted by molar-refractivity contribution is 7.19. The largest absolute Gasteiger partial charge is 0.302 e. The molecule has 5 heteroatoms. The van der Waals surface area contributed by atoms with Crippen molar-refractivity contribution in [1.29, 1.82) is 0 Å². The van der Waals surface area contributed by atoms with Crippen molar-refractivity contribution in [2.75, 3.05) is 5.32 Å². The summed E-state index contributed by atoms with van der Waals surface area (Å²) in [6, 6.07) is 25.9. The molecule has 1 heterocycles. The molecule has 0 saturated carbocycles. The molecular formula is C29H28N2O2S. The van der Waals surface area contributed by atoms with E-state index in [0.717, 1.165) is 21.7 Å². The van der Waals surface area contributed by atoms with Gasteiger partial charge >= 0.3 is 0 Å². The van der Waals surface area contributed by atoms with E-state index in [9.17, 15) is 9.59 Å². The fourth-order valence-electron chi connectivity index (χ4n) is 3.67. The van der Waals surface area contributed by atoms with Crippen LogP contribution in [0.3, 0.4) is 0 Å². The van der Waals surface area contributed by atoms with Gasteiger partial charge in [0.15, 0.2) is 10.9 Å². The van der Waals surface area contributed by atoms with Gasteiger partial charge in [0.1, 0.15) is 0 Å². The molecule has 172 valence electrons. The number of nitrogens with zero attached hydrogens (tertiary/aromatic N) is 1. The first-order valence-corrected chi connectivity index (χ1v) is 12.3. The fourth-order valence-corrected chi connectivity index (χ4v) is 4.68. The molecule has 0 fully saturated rings. The van der Waals surface area contributed by atoms with Crippen LogP contribution in [-0.4, -0.2) is 16.7 Å². The maximum absolute atomic E-state index is 12.6. The van der Waals surface area contributed by atoms with Gasteiger partial charge in [0, 0.05) is 24.0 Å². The van der Waals surface area contributed by atoms with E-state index in [-0.39, 0.29) is 24.5 Å². The van der Waals surface area contributed by atoms with Gasteiger partial charge in [-0.2, -0.15) is 0 Å². The number of thiazole rings is 1. The van der Waals surface area contributed by atoms with Gasteiger partial charge in [0.2, 0.25) is 5.91 Å². The molecule has 0 aliphatic rings. The van der Waals surface area contributed by atoms with Crippen LogP contribution in [0.1, 0.15) is 54.1 Å². The van der Waals surface area contributed by atoms with E-state index in [1.165, 1.54) is 22.5 Å². The highest BCUT2D eigenvalue weighted by Gasteiger charge is 2.17. The van der Waals surface area contributed by atoms with Crippen molar-refractivity contribution in [1.82, 2.24) is 4.98 Å². The Hall–Kier alpha value is -3.57. The van der Waals surface area contributed by atoms with Crippen molar-refractivity contribution in [2.45, 2.75) is 39.5 Å². The molecule has 0 atom stereocenters.